The number of rotatable bonds is 5. The van der Waals surface area contributed by atoms with Crippen molar-refractivity contribution >= 4 is 17.7 Å². The fourth-order valence-corrected chi connectivity index (χ4v) is 3.13. The summed E-state index contributed by atoms with van der Waals surface area (Å²) in [7, 11) is 3.55. The number of nitrogens with zero attached hydrogens (tertiary/aromatic N) is 5. The van der Waals surface area contributed by atoms with Gasteiger partial charge in [0.1, 0.15) is 5.82 Å². The predicted molar refractivity (Wildman–Crippen MR) is 107 cm³/mol. The third kappa shape index (κ3) is 4.53. The average Bonchev–Trinajstić information content (AvgIpc) is 2.87. The summed E-state index contributed by atoms with van der Waals surface area (Å²) in [5.41, 5.74) is 2.83. The van der Waals surface area contributed by atoms with Crippen molar-refractivity contribution in [3.05, 3.63) is 41.3 Å². The van der Waals surface area contributed by atoms with Crippen molar-refractivity contribution in [3.63, 3.8) is 0 Å². The Morgan fingerprint density at radius 1 is 1.22 bits per heavy atom. The number of aromatic nitrogens is 3. The number of hydrogen-bond donors (Lipinski definition) is 1. The number of anilines is 2. The van der Waals surface area contributed by atoms with Crippen LogP contribution in [0.5, 0.6) is 0 Å². The first-order chi connectivity index (χ1) is 13.0. The first-order valence-corrected chi connectivity index (χ1v) is 9.46. The van der Waals surface area contributed by atoms with Gasteiger partial charge in [-0.25, -0.2) is 15.0 Å². The van der Waals surface area contributed by atoms with Gasteiger partial charge in [-0.1, -0.05) is 13.8 Å². The molecule has 0 spiro atoms. The Bertz CT molecular complexity index is 791. The zero-order chi connectivity index (χ0) is 19.4. The minimum Gasteiger partial charge on any atom is -0.369 e. The highest BCUT2D eigenvalue weighted by Gasteiger charge is 2.22. The first kappa shape index (κ1) is 19.1. The van der Waals surface area contributed by atoms with E-state index in [0.29, 0.717) is 17.3 Å². The second kappa shape index (κ2) is 8.33. The van der Waals surface area contributed by atoms with Crippen molar-refractivity contribution < 1.29 is 4.79 Å². The first-order valence-electron chi connectivity index (χ1n) is 9.46. The van der Waals surface area contributed by atoms with Crippen LogP contribution in [0.1, 0.15) is 35.5 Å². The third-order valence-corrected chi connectivity index (χ3v) is 4.61. The number of carbonyl (C=O) groups excluding carboxylic acids is 1. The Hall–Kier alpha value is -2.70. The van der Waals surface area contributed by atoms with Gasteiger partial charge in [0.05, 0.1) is 5.56 Å². The maximum Gasteiger partial charge on any atom is 0.257 e. The number of carbonyl (C=O) groups is 1. The summed E-state index contributed by atoms with van der Waals surface area (Å²) < 4.78 is 0. The van der Waals surface area contributed by atoms with Gasteiger partial charge < -0.3 is 15.1 Å². The minimum absolute atomic E-state index is 0.0240. The Morgan fingerprint density at radius 2 is 1.93 bits per heavy atom. The Labute approximate surface area is 160 Å². The highest BCUT2D eigenvalue weighted by molar-refractivity contribution is 5.98. The number of nitrogens with one attached hydrogen (secondary N) is 1. The summed E-state index contributed by atoms with van der Waals surface area (Å²) in [5, 5.41) is 3.37. The van der Waals surface area contributed by atoms with Crippen LogP contribution in [0.15, 0.2) is 24.5 Å². The molecule has 0 radical (unpaired) electrons. The average molecular weight is 368 g/mol. The Kier molecular flexibility index (Phi) is 5.88. The molecule has 144 valence electrons. The molecule has 0 atom stereocenters. The number of fused-ring (bicyclic) bond motifs is 1. The topological polar surface area (TPSA) is 74.2 Å². The summed E-state index contributed by atoms with van der Waals surface area (Å²) in [4.78, 5) is 30.0. The summed E-state index contributed by atoms with van der Waals surface area (Å²) >= 11 is 0. The van der Waals surface area contributed by atoms with Crippen molar-refractivity contribution in [2.45, 2.75) is 26.7 Å². The molecule has 0 unspecified atom stereocenters. The van der Waals surface area contributed by atoms with Gasteiger partial charge in [0.2, 0.25) is 5.95 Å². The molecular formula is C20H28N6O. The number of pyridine rings is 1. The maximum absolute atomic E-state index is 12.7. The van der Waals surface area contributed by atoms with Gasteiger partial charge in [-0.15, -0.1) is 0 Å². The van der Waals surface area contributed by atoms with Crippen molar-refractivity contribution in [3.8, 4) is 0 Å². The number of hydrogen-bond acceptors (Lipinski definition) is 6. The SMILES string of the molecule is CC(C)CNc1nc2c(cc1C(=O)N(C)C)CCN(c1ncccn1)CC2. The second-order valence-electron chi connectivity index (χ2n) is 7.50. The van der Waals surface area contributed by atoms with Crippen molar-refractivity contribution in [2.24, 2.45) is 5.92 Å². The molecule has 0 aromatic carbocycles. The summed E-state index contributed by atoms with van der Waals surface area (Å²) in [6.45, 7) is 6.69. The van der Waals surface area contributed by atoms with E-state index in [0.717, 1.165) is 49.7 Å². The molecule has 0 aliphatic carbocycles. The van der Waals surface area contributed by atoms with Gasteiger partial charge in [-0.3, -0.25) is 4.79 Å². The quantitative estimate of drug-likeness (QED) is 0.872. The van der Waals surface area contributed by atoms with E-state index in [1.54, 1.807) is 31.4 Å². The smallest absolute Gasteiger partial charge is 0.257 e. The highest BCUT2D eigenvalue weighted by atomic mass is 16.2. The van der Waals surface area contributed by atoms with Gasteiger partial charge in [-0.05, 0) is 30.0 Å². The summed E-state index contributed by atoms with van der Waals surface area (Å²) in [5.74, 6) is 1.88. The second-order valence-corrected chi connectivity index (χ2v) is 7.50. The molecule has 7 nitrogen and oxygen atoms in total. The zero-order valence-electron chi connectivity index (χ0n) is 16.6. The van der Waals surface area contributed by atoms with E-state index in [1.165, 1.54) is 0 Å². The molecular weight excluding hydrogens is 340 g/mol. The third-order valence-electron chi connectivity index (χ3n) is 4.61. The molecule has 1 N–H and O–H groups in total. The monoisotopic (exact) mass is 368 g/mol. The molecule has 1 amide bonds. The van der Waals surface area contributed by atoms with Crippen molar-refractivity contribution in [1.82, 2.24) is 19.9 Å². The van der Waals surface area contributed by atoms with Gasteiger partial charge in [-0.2, -0.15) is 0 Å². The maximum atomic E-state index is 12.7. The van der Waals surface area contributed by atoms with Crippen LogP contribution in [-0.4, -0.2) is 59.5 Å². The molecule has 3 rings (SSSR count). The van der Waals surface area contributed by atoms with Gasteiger partial charge in [0.25, 0.3) is 5.91 Å². The molecule has 2 aromatic rings. The van der Waals surface area contributed by atoms with E-state index < -0.39 is 0 Å². The van der Waals surface area contributed by atoms with Crippen molar-refractivity contribution in [1.29, 1.82) is 0 Å². The molecule has 1 aliphatic rings. The highest BCUT2D eigenvalue weighted by Crippen LogP contribution is 2.24. The zero-order valence-corrected chi connectivity index (χ0v) is 16.6. The normalized spacial score (nSPS) is 13.9. The predicted octanol–water partition coefficient (Wildman–Crippen LogP) is 2.25. The molecule has 0 bridgehead atoms. The lowest BCUT2D eigenvalue weighted by molar-refractivity contribution is 0.0828. The van der Waals surface area contributed by atoms with Crippen LogP contribution >= 0.6 is 0 Å². The minimum atomic E-state index is -0.0240. The molecule has 0 fully saturated rings. The van der Waals surface area contributed by atoms with Crippen LogP contribution < -0.4 is 10.2 Å². The van der Waals surface area contributed by atoms with Crippen LogP contribution in [0.3, 0.4) is 0 Å². The van der Waals surface area contributed by atoms with Crippen LogP contribution in [0.25, 0.3) is 0 Å². The van der Waals surface area contributed by atoms with Gasteiger partial charge >= 0.3 is 0 Å². The van der Waals surface area contributed by atoms with Crippen LogP contribution in [-0.2, 0) is 12.8 Å². The fraction of sp³-hybridized carbons (Fsp3) is 0.500. The molecule has 2 aromatic heterocycles. The molecule has 1 aliphatic heterocycles. The molecule has 7 heteroatoms. The lowest BCUT2D eigenvalue weighted by Gasteiger charge is -2.19. The van der Waals surface area contributed by atoms with Crippen LogP contribution in [0.4, 0.5) is 11.8 Å². The molecule has 0 saturated carbocycles. The van der Waals surface area contributed by atoms with E-state index >= 15 is 0 Å². The summed E-state index contributed by atoms with van der Waals surface area (Å²) in [6, 6.07) is 3.84. The largest absolute Gasteiger partial charge is 0.369 e. The lowest BCUT2D eigenvalue weighted by atomic mass is 10.0. The molecule has 27 heavy (non-hydrogen) atoms. The summed E-state index contributed by atoms with van der Waals surface area (Å²) in [6.07, 6.45) is 5.15. The standard InChI is InChI=1S/C20H28N6O/c1-14(2)13-23-18-16(19(27)25(3)4)12-15-6-10-26(11-7-17(15)24-18)20-21-8-5-9-22-20/h5,8-9,12,14H,6-7,10-11,13H2,1-4H3,(H,23,24). The Balaban J connectivity index is 1.89. The Morgan fingerprint density at radius 3 is 2.59 bits per heavy atom. The van der Waals surface area contributed by atoms with Crippen molar-refractivity contribution in [2.75, 3.05) is 43.9 Å². The van der Waals surface area contributed by atoms with E-state index in [2.05, 4.69) is 34.0 Å². The number of amides is 1. The van der Waals surface area contributed by atoms with Crippen LogP contribution in [0, 0.1) is 5.92 Å². The lowest BCUT2D eigenvalue weighted by Crippen LogP contribution is -2.27. The molecule has 0 saturated heterocycles. The van der Waals surface area contributed by atoms with Crippen LogP contribution in [0.2, 0.25) is 0 Å². The fourth-order valence-electron chi connectivity index (χ4n) is 3.13. The van der Waals surface area contributed by atoms with E-state index in [4.69, 9.17) is 4.98 Å². The van der Waals surface area contributed by atoms with E-state index in [9.17, 15) is 4.79 Å². The van der Waals surface area contributed by atoms with E-state index in [1.807, 2.05) is 12.1 Å². The van der Waals surface area contributed by atoms with E-state index in [-0.39, 0.29) is 5.91 Å². The molecule has 3 heterocycles. The van der Waals surface area contributed by atoms with Gasteiger partial charge in [0.15, 0.2) is 0 Å². The van der Waals surface area contributed by atoms with Gasteiger partial charge in [0, 0.05) is 58.2 Å².